The van der Waals surface area contributed by atoms with Crippen molar-refractivity contribution in [2.45, 2.75) is 56.1 Å². The van der Waals surface area contributed by atoms with E-state index in [1.165, 1.54) is 6.33 Å². The van der Waals surface area contributed by atoms with E-state index in [0.717, 1.165) is 22.3 Å². The maximum Gasteiger partial charge on any atom is 0.194 e. The van der Waals surface area contributed by atoms with Crippen LogP contribution in [0.1, 0.15) is 49.1 Å². The summed E-state index contributed by atoms with van der Waals surface area (Å²) in [5, 5.41) is 0. The fourth-order valence-corrected chi connectivity index (χ4v) is 6.62. The number of aromatic nitrogens is 2. The summed E-state index contributed by atoms with van der Waals surface area (Å²) in [4.78, 5) is 8.53. The maximum absolute atomic E-state index is 7.14. The number of hydrogen-bond acceptors (Lipinski definition) is 8. The molecule has 0 radical (unpaired) electrons. The molecule has 7 rings (SSSR count). The minimum absolute atomic E-state index is 0.224. The van der Waals surface area contributed by atoms with E-state index in [2.05, 4.69) is 46.4 Å². The van der Waals surface area contributed by atoms with Gasteiger partial charge < -0.3 is 29.1 Å². The van der Waals surface area contributed by atoms with Gasteiger partial charge in [0.1, 0.15) is 41.4 Å². The summed E-state index contributed by atoms with van der Waals surface area (Å²) >= 11 is 0. The Morgan fingerprint density at radius 3 is 1.98 bits per heavy atom. The average molecular weight is 564 g/mol. The standard InChI is InChI=1S/C34H33N3O5/c1-32(2)41-30-26(40-29(33(30,3)42-32)25-19-38-28-27(25)36-21-37-31(28)35)20-39-34(22-13-7-4-8-14-22,23-15-9-5-10-16-23)24-17-11-6-12-18-24/h4-19,21,26,29-30H,20H2,1-3H3,(H2,35,36,37)/t26-,29+,30-,33+/m1/s1. The van der Waals surface area contributed by atoms with Gasteiger partial charge in [-0.15, -0.1) is 0 Å². The molecule has 2 aliphatic heterocycles. The van der Waals surface area contributed by atoms with E-state index < -0.39 is 35.3 Å². The van der Waals surface area contributed by atoms with Gasteiger partial charge in [-0.1, -0.05) is 91.0 Å². The second kappa shape index (κ2) is 10.0. The average Bonchev–Trinajstić information content (AvgIpc) is 3.62. The van der Waals surface area contributed by atoms with Crippen molar-refractivity contribution in [2.75, 3.05) is 12.3 Å². The molecule has 0 saturated carbocycles. The first kappa shape index (κ1) is 26.8. The Morgan fingerprint density at radius 2 is 1.40 bits per heavy atom. The minimum atomic E-state index is -0.902. The van der Waals surface area contributed by atoms with E-state index in [-0.39, 0.29) is 12.4 Å². The first-order valence-corrected chi connectivity index (χ1v) is 14.1. The molecule has 214 valence electrons. The largest absolute Gasteiger partial charge is 0.458 e. The van der Waals surface area contributed by atoms with Crippen LogP contribution in [0.4, 0.5) is 5.82 Å². The van der Waals surface area contributed by atoms with E-state index >= 15 is 0 Å². The number of anilines is 1. The third kappa shape index (κ3) is 4.22. The van der Waals surface area contributed by atoms with E-state index in [4.69, 9.17) is 29.1 Å². The highest BCUT2D eigenvalue weighted by molar-refractivity contribution is 5.85. The van der Waals surface area contributed by atoms with Crippen LogP contribution in [0.15, 0.2) is 108 Å². The highest BCUT2D eigenvalue weighted by Crippen LogP contribution is 2.54. The van der Waals surface area contributed by atoms with Crippen LogP contribution in [0, 0.1) is 0 Å². The van der Waals surface area contributed by atoms with Crippen LogP contribution in [0.5, 0.6) is 0 Å². The van der Waals surface area contributed by atoms with Crippen LogP contribution in [-0.2, 0) is 24.5 Å². The number of nitrogens with zero attached hydrogens (tertiary/aromatic N) is 2. The van der Waals surface area contributed by atoms with Gasteiger partial charge in [-0.2, -0.15) is 0 Å². The number of nitrogen functional groups attached to an aromatic ring is 1. The highest BCUT2D eigenvalue weighted by Gasteiger charge is 2.64. The number of benzene rings is 3. The van der Waals surface area contributed by atoms with E-state index in [0.29, 0.717) is 11.1 Å². The van der Waals surface area contributed by atoms with Crippen LogP contribution in [0.3, 0.4) is 0 Å². The Kier molecular flexibility index (Phi) is 6.40. The number of furan rings is 1. The van der Waals surface area contributed by atoms with Crippen molar-refractivity contribution in [1.29, 1.82) is 0 Å². The molecule has 8 nitrogen and oxygen atoms in total. The van der Waals surface area contributed by atoms with Crippen molar-refractivity contribution in [2.24, 2.45) is 0 Å². The molecule has 4 heterocycles. The number of hydrogen-bond donors (Lipinski definition) is 1. The first-order valence-electron chi connectivity index (χ1n) is 14.1. The van der Waals surface area contributed by atoms with Gasteiger partial charge in [0.25, 0.3) is 0 Å². The number of ether oxygens (including phenoxy) is 4. The topological polar surface area (TPSA) is 102 Å². The van der Waals surface area contributed by atoms with Gasteiger partial charge in [-0.05, 0) is 37.5 Å². The predicted molar refractivity (Wildman–Crippen MR) is 157 cm³/mol. The molecule has 3 aromatic carbocycles. The summed E-state index contributed by atoms with van der Waals surface area (Å²) in [6.45, 7) is 6.07. The van der Waals surface area contributed by atoms with Crippen LogP contribution >= 0.6 is 0 Å². The van der Waals surface area contributed by atoms with Gasteiger partial charge in [-0.25, -0.2) is 9.97 Å². The predicted octanol–water partition coefficient (Wildman–Crippen LogP) is 6.16. The van der Waals surface area contributed by atoms with Gasteiger partial charge in [0, 0.05) is 5.56 Å². The molecule has 0 amide bonds. The SMILES string of the molecule is CC1(C)O[C@@H]2[C@@H](COC(c3ccccc3)(c3ccccc3)c3ccccc3)O[C@@H](c3coc4c(N)ncnc34)[C@]2(C)O1. The molecule has 2 saturated heterocycles. The van der Waals surface area contributed by atoms with Gasteiger partial charge >= 0.3 is 0 Å². The summed E-state index contributed by atoms with van der Waals surface area (Å²) < 4.78 is 32.8. The molecule has 2 aliphatic rings. The molecule has 0 unspecified atom stereocenters. The zero-order valence-electron chi connectivity index (χ0n) is 23.8. The molecule has 8 heteroatoms. The van der Waals surface area contributed by atoms with Crippen LogP contribution < -0.4 is 5.73 Å². The number of nitrogens with two attached hydrogens (primary N) is 1. The van der Waals surface area contributed by atoms with Crippen LogP contribution in [0.2, 0.25) is 0 Å². The normalized spacial score (nSPS) is 25.1. The Morgan fingerprint density at radius 1 is 0.833 bits per heavy atom. The molecule has 2 fully saturated rings. The summed E-state index contributed by atoms with van der Waals surface area (Å²) in [5.41, 5.74) is 9.11. The summed E-state index contributed by atoms with van der Waals surface area (Å²) in [5.74, 6) is -0.559. The lowest BCUT2D eigenvalue weighted by atomic mass is 9.80. The first-order chi connectivity index (χ1) is 20.3. The lowest BCUT2D eigenvalue weighted by molar-refractivity contribution is -0.210. The molecular formula is C34H33N3O5. The van der Waals surface area contributed by atoms with Gasteiger partial charge in [-0.3, -0.25) is 0 Å². The van der Waals surface area contributed by atoms with E-state index in [1.54, 1.807) is 6.26 Å². The number of fused-ring (bicyclic) bond motifs is 2. The maximum atomic E-state index is 7.14. The fraction of sp³-hybridized carbons (Fsp3) is 0.294. The molecule has 42 heavy (non-hydrogen) atoms. The minimum Gasteiger partial charge on any atom is -0.458 e. The van der Waals surface area contributed by atoms with Crippen molar-refractivity contribution < 1.29 is 23.4 Å². The summed E-state index contributed by atoms with van der Waals surface area (Å²) in [6, 6.07) is 30.8. The molecule has 5 aromatic rings. The fourth-order valence-electron chi connectivity index (χ4n) is 6.62. The molecule has 0 spiro atoms. The monoisotopic (exact) mass is 563 g/mol. The quantitative estimate of drug-likeness (QED) is 0.235. The second-order valence-electron chi connectivity index (χ2n) is 11.5. The Balaban J connectivity index is 1.31. The lowest BCUT2D eigenvalue weighted by Crippen LogP contribution is -2.42. The van der Waals surface area contributed by atoms with Crippen molar-refractivity contribution in [1.82, 2.24) is 9.97 Å². The van der Waals surface area contributed by atoms with Crippen molar-refractivity contribution >= 4 is 16.9 Å². The van der Waals surface area contributed by atoms with Gasteiger partial charge in [0.05, 0.1) is 12.9 Å². The smallest absolute Gasteiger partial charge is 0.194 e. The van der Waals surface area contributed by atoms with Gasteiger partial charge in [0.15, 0.2) is 17.2 Å². The van der Waals surface area contributed by atoms with Crippen LogP contribution in [0.25, 0.3) is 11.1 Å². The van der Waals surface area contributed by atoms with E-state index in [1.807, 2.05) is 75.4 Å². The second-order valence-corrected chi connectivity index (χ2v) is 11.5. The Bertz CT molecular complexity index is 1600. The molecule has 4 atom stereocenters. The van der Waals surface area contributed by atoms with Gasteiger partial charge in [0.2, 0.25) is 0 Å². The molecule has 0 bridgehead atoms. The van der Waals surface area contributed by atoms with Crippen molar-refractivity contribution in [3.8, 4) is 0 Å². The lowest BCUT2D eigenvalue weighted by Gasteiger charge is -2.37. The Hall–Kier alpha value is -4.08. The van der Waals surface area contributed by atoms with Crippen molar-refractivity contribution in [3.63, 3.8) is 0 Å². The third-order valence-electron chi connectivity index (χ3n) is 8.31. The summed E-state index contributed by atoms with van der Waals surface area (Å²) in [6.07, 6.45) is 1.61. The Labute approximate surface area is 244 Å². The highest BCUT2D eigenvalue weighted by atomic mass is 16.8. The molecule has 2 aromatic heterocycles. The van der Waals surface area contributed by atoms with E-state index in [9.17, 15) is 0 Å². The van der Waals surface area contributed by atoms with Crippen molar-refractivity contribution in [3.05, 3.63) is 126 Å². The molecule has 0 aliphatic carbocycles. The molecular weight excluding hydrogens is 530 g/mol. The zero-order chi connectivity index (χ0) is 29.0. The molecule has 2 N–H and O–H groups in total. The number of rotatable bonds is 7. The zero-order valence-corrected chi connectivity index (χ0v) is 23.8. The summed E-state index contributed by atoms with van der Waals surface area (Å²) in [7, 11) is 0. The third-order valence-corrected chi connectivity index (χ3v) is 8.31. The van der Waals surface area contributed by atoms with Crippen LogP contribution in [-0.4, -0.2) is 40.2 Å².